The predicted molar refractivity (Wildman–Crippen MR) is 128 cm³/mol. The topological polar surface area (TPSA) is 75.3 Å². The molecule has 1 amide bonds. The Bertz CT molecular complexity index is 1150. The van der Waals surface area contributed by atoms with Crippen LogP contribution < -0.4 is 10.0 Å². The lowest BCUT2D eigenvalue weighted by Gasteiger charge is -2.23. The molecule has 0 aliphatic heterocycles. The van der Waals surface area contributed by atoms with Crippen molar-refractivity contribution in [3.63, 3.8) is 0 Å². The molecule has 2 atom stereocenters. The number of nitrogens with one attached hydrogen (secondary N) is 2. The first-order valence-corrected chi connectivity index (χ1v) is 12.1. The summed E-state index contributed by atoms with van der Waals surface area (Å²) in [6, 6.07) is 21.5. The number of amides is 1. The number of hydrogen-bond acceptors (Lipinski definition) is 3. The summed E-state index contributed by atoms with van der Waals surface area (Å²) in [5, 5.41) is 2.96. The highest BCUT2D eigenvalue weighted by Crippen LogP contribution is 2.22. The monoisotopic (exact) mass is 450 g/mol. The minimum absolute atomic E-state index is 0.227. The molecule has 168 valence electrons. The molecule has 0 unspecified atom stereocenters. The van der Waals surface area contributed by atoms with Crippen LogP contribution in [0.3, 0.4) is 0 Å². The Balaban J connectivity index is 1.90. The molecule has 0 bridgehead atoms. The van der Waals surface area contributed by atoms with E-state index in [0.29, 0.717) is 11.1 Å². The molecule has 0 saturated carbocycles. The van der Waals surface area contributed by atoms with Crippen molar-refractivity contribution in [1.82, 2.24) is 10.0 Å². The molecule has 3 aromatic carbocycles. The summed E-state index contributed by atoms with van der Waals surface area (Å²) in [5.41, 5.74) is 4.14. The number of hydrogen-bond donors (Lipinski definition) is 2. The average molecular weight is 451 g/mol. The number of aryl methyl sites for hydroxylation is 3. The quantitative estimate of drug-likeness (QED) is 0.535. The Labute approximate surface area is 190 Å². The standard InChI is InChI=1S/C26H30N2O3S/c1-18-15-19(2)25(20(3)16-18)32(30,31)28-24(17-22-11-7-5-8-12-22)26(29)27-21(4)23-13-9-6-10-14-23/h5-16,21,24,28H,17H2,1-4H3,(H,27,29)/t21-,24+/m0/s1. The van der Waals surface area contributed by atoms with Crippen LogP contribution in [0, 0.1) is 20.8 Å². The smallest absolute Gasteiger partial charge is 0.241 e. The Morgan fingerprint density at radius 2 is 1.41 bits per heavy atom. The van der Waals surface area contributed by atoms with E-state index in [-0.39, 0.29) is 23.3 Å². The Morgan fingerprint density at radius 1 is 0.875 bits per heavy atom. The highest BCUT2D eigenvalue weighted by atomic mass is 32.2. The zero-order valence-corrected chi connectivity index (χ0v) is 19.7. The number of sulfonamides is 1. The highest BCUT2D eigenvalue weighted by molar-refractivity contribution is 7.89. The van der Waals surface area contributed by atoms with Gasteiger partial charge in [0.15, 0.2) is 0 Å². The molecular weight excluding hydrogens is 420 g/mol. The lowest BCUT2D eigenvalue weighted by Crippen LogP contribution is -2.48. The maximum absolute atomic E-state index is 13.4. The van der Waals surface area contributed by atoms with E-state index in [1.807, 2.05) is 86.6 Å². The van der Waals surface area contributed by atoms with Gasteiger partial charge < -0.3 is 5.32 Å². The fourth-order valence-corrected chi connectivity index (χ4v) is 5.66. The molecule has 0 saturated heterocycles. The van der Waals surface area contributed by atoms with Gasteiger partial charge in [0, 0.05) is 0 Å². The third-order valence-electron chi connectivity index (χ3n) is 5.43. The van der Waals surface area contributed by atoms with Crippen molar-refractivity contribution in [1.29, 1.82) is 0 Å². The van der Waals surface area contributed by atoms with E-state index in [1.54, 1.807) is 13.8 Å². The lowest BCUT2D eigenvalue weighted by atomic mass is 10.0. The van der Waals surface area contributed by atoms with Crippen LogP contribution >= 0.6 is 0 Å². The summed E-state index contributed by atoms with van der Waals surface area (Å²) in [7, 11) is -3.91. The molecule has 6 heteroatoms. The van der Waals surface area contributed by atoms with E-state index in [1.165, 1.54) is 0 Å². The molecule has 5 nitrogen and oxygen atoms in total. The minimum atomic E-state index is -3.91. The van der Waals surface area contributed by atoms with Crippen LogP contribution in [-0.4, -0.2) is 20.4 Å². The van der Waals surface area contributed by atoms with E-state index < -0.39 is 16.1 Å². The van der Waals surface area contributed by atoms with E-state index in [4.69, 9.17) is 0 Å². The molecule has 0 fully saturated rings. The summed E-state index contributed by atoms with van der Waals surface area (Å²) >= 11 is 0. The van der Waals surface area contributed by atoms with Gasteiger partial charge in [-0.2, -0.15) is 4.72 Å². The summed E-state index contributed by atoms with van der Waals surface area (Å²) < 4.78 is 29.4. The van der Waals surface area contributed by atoms with Crippen molar-refractivity contribution >= 4 is 15.9 Å². The van der Waals surface area contributed by atoms with Gasteiger partial charge >= 0.3 is 0 Å². The van der Waals surface area contributed by atoms with Crippen LogP contribution in [0.25, 0.3) is 0 Å². The molecule has 0 aliphatic rings. The second-order valence-electron chi connectivity index (χ2n) is 8.23. The van der Waals surface area contributed by atoms with Crippen LogP contribution in [0.4, 0.5) is 0 Å². The maximum Gasteiger partial charge on any atom is 0.241 e. The van der Waals surface area contributed by atoms with Gasteiger partial charge in [0.1, 0.15) is 6.04 Å². The molecule has 0 spiro atoms. The van der Waals surface area contributed by atoms with Crippen LogP contribution in [0.2, 0.25) is 0 Å². The van der Waals surface area contributed by atoms with Gasteiger partial charge in [0.05, 0.1) is 10.9 Å². The number of carbonyl (C=O) groups is 1. The number of carbonyl (C=O) groups excluding carboxylic acids is 1. The molecule has 0 radical (unpaired) electrons. The summed E-state index contributed by atoms with van der Waals surface area (Å²) in [5.74, 6) is -0.365. The first kappa shape index (κ1) is 23.7. The van der Waals surface area contributed by atoms with E-state index in [2.05, 4.69) is 10.0 Å². The molecule has 3 rings (SSSR count). The molecule has 3 aromatic rings. The van der Waals surface area contributed by atoms with E-state index in [9.17, 15) is 13.2 Å². The number of benzene rings is 3. The van der Waals surface area contributed by atoms with Crippen molar-refractivity contribution in [2.75, 3.05) is 0 Å². The first-order valence-electron chi connectivity index (χ1n) is 10.7. The molecule has 2 N–H and O–H groups in total. The second kappa shape index (κ2) is 10.1. The van der Waals surface area contributed by atoms with Crippen LogP contribution in [0.5, 0.6) is 0 Å². The van der Waals surface area contributed by atoms with E-state index in [0.717, 1.165) is 16.7 Å². The van der Waals surface area contributed by atoms with Gasteiger partial charge in [-0.05, 0) is 56.4 Å². The fraction of sp³-hybridized carbons (Fsp3) is 0.269. The van der Waals surface area contributed by atoms with Crippen molar-refractivity contribution in [3.8, 4) is 0 Å². The summed E-state index contributed by atoms with van der Waals surface area (Å²) in [6.45, 7) is 7.37. The van der Waals surface area contributed by atoms with Crippen molar-refractivity contribution in [2.24, 2.45) is 0 Å². The van der Waals surface area contributed by atoms with Gasteiger partial charge in [-0.1, -0.05) is 78.4 Å². The molecular formula is C26H30N2O3S. The first-order chi connectivity index (χ1) is 15.2. The zero-order valence-electron chi connectivity index (χ0n) is 18.9. The molecule has 32 heavy (non-hydrogen) atoms. The fourth-order valence-electron chi connectivity index (χ4n) is 4.01. The number of rotatable bonds is 8. The van der Waals surface area contributed by atoms with Crippen LogP contribution in [-0.2, 0) is 21.2 Å². The predicted octanol–water partition coefficient (Wildman–Crippen LogP) is 4.38. The maximum atomic E-state index is 13.4. The Hall–Kier alpha value is -2.96. The SMILES string of the molecule is Cc1cc(C)c(S(=O)(=O)N[C@H](Cc2ccccc2)C(=O)N[C@@H](C)c2ccccc2)c(C)c1. The third kappa shape index (κ3) is 5.84. The normalized spacial score (nSPS) is 13.4. The third-order valence-corrected chi connectivity index (χ3v) is 7.20. The molecule has 0 heterocycles. The molecule has 0 aliphatic carbocycles. The summed E-state index contributed by atoms with van der Waals surface area (Å²) in [6.07, 6.45) is 0.247. The van der Waals surface area contributed by atoms with Gasteiger partial charge in [0.25, 0.3) is 0 Å². The largest absolute Gasteiger partial charge is 0.348 e. The Kier molecular flexibility index (Phi) is 7.48. The van der Waals surface area contributed by atoms with Crippen LogP contribution in [0.15, 0.2) is 77.7 Å². The van der Waals surface area contributed by atoms with Crippen molar-refractivity contribution in [2.45, 2.75) is 51.1 Å². The van der Waals surface area contributed by atoms with Crippen LogP contribution in [0.1, 0.15) is 40.8 Å². The summed E-state index contributed by atoms with van der Waals surface area (Å²) in [4.78, 5) is 13.5. The second-order valence-corrected chi connectivity index (χ2v) is 9.88. The average Bonchev–Trinajstić information content (AvgIpc) is 2.73. The van der Waals surface area contributed by atoms with Crippen molar-refractivity contribution < 1.29 is 13.2 Å². The van der Waals surface area contributed by atoms with Gasteiger partial charge in [-0.15, -0.1) is 0 Å². The minimum Gasteiger partial charge on any atom is -0.348 e. The van der Waals surface area contributed by atoms with E-state index >= 15 is 0 Å². The molecule has 0 aromatic heterocycles. The zero-order chi connectivity index (χ0) is 23.3. The van der Waals surface area contributed by atoms with Gasteiger partial charge in [0.2, 0.25) is 15.9 Å². The van der Waals surface area contributed by atoms with Crippen molar-refractivity contribution in [3.05, 3.63) is 101 Å². The van der Waals surface area contributed by atoms with Gasteiger partial charge in [-0.3, -0.25) is 4.79 Å². The highest BCUT2D eigenvalue weighted by Gasteiger charge is 2.29. The lowest BCUT2D eigenvalue weighted by molar-refractivity contribution is -0.123. The van der Waals surface area contributed by atoms with Gasteiger partial charge in [-0.25, -0.2) is 8.42 Å². The Morgan fingerprint density at radius 3 is 1.97 bits per heavy atom.